The Morgan fingerprint density at radius 2 is 2.50 bits per heavy atom. The maximum absolute atomic E-state index is 11.0. The van der Waals surface area contributed by atoms with Crippen LogP contribution in [0.25, 0.3) is 0 Å². The van der Waals surface area contributed by atoms with E-state index in [0.717, 1.165) is 12.8 Å². The molecule has 1 heterocycles. The number of furan rings is 1. The van der Waals surface area contributed by atoms with Gasteiger partial charge in [0.2, 0.25) is 0 Å². The van der Waals surface area contributed by atoms with E-state index in [9.17, 15) is 4.79 Å². The van der Waals surface area contributed by atoms with Crippen LogP contribution in [-0.2, 0) is 11.3 Å². The van der Waals surface area contributed by atoms with Crippen molar-refractivity contribution in [2.75, 3.05) is 6.54 Å². The molecule has 0 saturated heterocycles. The van der Waals surface area contributed by atoms with Gasteiger partial charge in [-0.25, -0.2) is 4.79 Å². The summed E-state index contributed by atoms with van der Waals surface area (Å²) in [5.74, 6) is 0.649. The molecular formula is C10H15NO3. The molecule has 0 unspecified atom stereocenters. The predicted octanol–water partition coefficient (Wildman–Crippen LogP) is 2.31. The van der Waals surface area contributed by atoms with Crippen LogP contribution in [0.4, 0.5) is 4.79 Å². The van der Waals surface area contributed by atoms with Crippen molar-refractivity contribution in [2.24, 2.45) is 0 Å². The fraction of sp³-hybridized carbons (Fsp3) is 0.500. The summed E-state index contributed by atoms with van der Waals surface area (Å²) in [6.07, 6.45) is 3.18. The minimum absolute atomic E-state index is 0.185. The van der Waals surface area contributed by atoms with Crippen molar-refractivity contribution in [3.05, 3.63) is 24.2 Å². The lowest BCUT2D eigenvalue weighted by Gasteiger charge is -2.04. The van der Waals surface area contributed by atoms with E-state index in [1.807, 2.05) is 0 Å². The summed E-state index contributed by atoms with van der Waals surface area (Å²) < 4.78 is 9.89. The number of rotatable bonds is 5. The van der Waals surface area contributed by atoms with Crippen LogP contribution in [0.5, 0.6) is 0 Å². The molecular weight excluding hydrogens is 182 g/mol. The number of unbranched alkanes of at least 4 members (excludes halogenated alkanes) is 1. The van der Waals surface area contributed by atoms with Crippen molar-refractivity contribution < 1.29 is 13.9 Å². The first-order chi connectivity index (χ1) is 6.83. The smallest absolute Gasteiger partial charge is 0.407 e. The summed E-state index contributed by atoms with van der Waals surface area (Å²) in [7, 11) is 0. The first kappa shape index (κ1) is 10.6. The number of nitrogens with one attached hydrogen (secondary N) is 1. The number of carbonyl (C=O) groups is 1. The molecule has 1 aromatic heterocycles. The van der Waals surface area contributed by atoms with Gasteiger partial charge < -0.3 is 14.5 Å². The first-order valence-electron chi connectivity index (χ1n) is 4.76. The summed E-state index contributed by atoms with van der Waals surface area (Å²) in [4.78, 5) is 11.0. The van der Waals surface area contributed by atoms with Crippen LogP contribution in [0.3, 0.4) is 0 Å². The normalized spacial score (nSPS) is 9.79. The molecule has 0 spiro atoms. The van der Waals surface area contributed by atoms with Crippen molar-refractivity contribution in [1.29, 1.82) is 0 Å². The standard InChI is InChI=1S/C10H15NO3/c1-2-3-6-11-10(12)14-8-9-5-4-7-13-9/h4-5,7H,2-3,6,8H2,1H3,(H,11,12). The van der Waals surface area contributed by atoms with E-state index in [-0.39, 0.29) is 6.61 Å². The highest BCUT2D eigenvalue weighted by molar-refractivity contribution is 5.66. The molecule has 0 atom stereocenters. The lowest BCUT2D eigenvalue weighted by atomic mass is 10.3. The molecule has 1 aromatic rings. The van der Waals surface area contributed by atoms with Gasteiger partial charge in [0.25, 0.3) is 0 Å². The molecule has 0 aromatic carbocycles. The monoisotopic (exact) mass is 197 g/mol. The van der Waals surface area contributed by atoms with E-state index in [1.54, 1.807) is 18.4 Å². The zero-order valence-electron chi connectivity index (χ0n) is 8.29. The summed E-state index contributed by atoms with van der Waals surface area (Å²) in [6.45, 7) is 2.91. The van der Waals surface area contributed by atoms with E-state index in [2.05, 4.69) is 12.2 Å². The molecule has 14 heavy (non-hydrogen) atoms. The summed E-state index contributed by atoms with van der Waals surface area (Å²) >= 11 is 0. The minimum atomic E-state index is -0.394. The van der Waals surface area contributed by atoms with Crippen LogP contribution >= 0.6 is 0 Å². The van der Waals surface area contributed by atoms with Gasteiger partial charge in [0, 0.05) is 6.54 Å². The van der Waals surface area contributed by atoms with Gasteiger partial charge in [-0.15, -0.1) is 0 Å². The van der Waals surface area contributed by atoms with Crippen LogP contribution < -0.4 is 5.32 Å². The maximum atomic E-state index is 11.0. The Bertz CT molecular complexity index is 256. The van der Waals surface area contributed by atoms with Crippen molar-refractivity contribution in [1.82, 2.24) is 5.32 Å². The quantitative estimate of drug-likeness (QED) is 0.737. The van der Waals surface area contributed by atoms with Gasteiger partial charge in [0.15, 0.2) is 6.61 Å². The molecule has 0 bridgehead atoms. The maximum Gasteiger partial charge on any atom is 0.407 e. The van der Waals surface area contributed by atoms with Gasteiger partial charge in [-0.05, 0) is 18.6 Å². The summed E-state index contributed by atoms with van der Waals surface area (Å²) in [6, 6.07) is 3.52. The van der Waals surface area contributed by atoms with Crippen LogP contribution in [0.1, 0.15) is 25.5 Å². The van der Waals surface area contributed by atoms with Crippen molar-refractivity contribution >= 4 is 6.09 Å². The number of carbonyl (C=O) groups excluding carboxylic acids is 1. The highest BCUT2D eigenvalue weighted by atomic mass is 16.6. The zero-order valence-corrected chi connectivity index (χ0v) is 8.29. The van der Waals surface area contributed by atoms with E-state index in [1.165, 1.54) is 0 Å². The fourth-order valence-electron chi connectivity index (χ4n) is 0.950. The number of hydrogen-bond donors (Lipinski definition) is 1. The van der Waals surface area contributed by atoms with Crippen molar-refractivity contribution in [3.8, 4) is 0 Å². The third kappa shape index (κ3) is 3.98. The third-order valence-electron chi connectivity index (χ3n) is 1.73. The first-order valence-corrected chi connectivity index (χ1v) is 4.76. The summed E-state index contributed by atoms with van der Waals surface area (Å²) in [5.41, 5.74) is 0. The molecule has 1 N–H and O–H groups in total. The molecule has 0 aliphatic carbocycles. The molecule has 0 aliphatic heterocycles. The SMILES string of the molecule is CCCCNC(=O)OCc1ccco1. The molecule has 4 heteroatoms. The number of hydrogen-bond acceptors (Lipinski definition) is 3. The highest BCUT2D eigenvalue weighted by Gasteiger charge is 2.02. The second kappa shape index (κ2) is 6.07. The van der Waals surface area contributed by atoms with E-state index < -0.39 is 6.09 Å². The zero-order chi connectivity index (χ0) is 10.2. The Hall–Kier alpha value is -1.45. The van der Waals surface area contributed by atoms with Crippen LogP contribution in [0.2, 0.25) is 0 Å². The second-order valence-electron chi connectivity index (χ2n) is 2.94. The average molecular weight is 197 g/mol. The van der Waals surface area contributed by atoms with Crippen molar-refractivity contribution in [3.63, 3.8) is 0 Å². The van der Waals surface area contributed by atoms with Crippen molar-refractivity contribution in [2.45, 2.75) is 26.4 Å². The molecule has 0 saturated carbocycles. The van der Waals surface area contributed by atoms with Crippen LogP contribution in [0, 0.1) is 0 Å². The average Bonchev–Trinajstić information content (AvgIpc) is 2.68. The van der Waals surface area contributed by atoms with Crippen LogP contribution in [0.15, 0.2) is 22.8 Å². The third-order valence-corrected chi connectivity index (χ3v) is 1.73. The topological polar surface area (TPSA) is 51.5 Å². The van der Waals surface area contributed by atoms with Crippen LogP contribution in [-0.4, -0.2) is 12.6 Å². The number of amides is 1. The lowest BCUT2D eigenvalue weighted by molar-refractivity contribution is 0.131. The molecule has 78 valence electrons. The molecule has 0 radical (unpaired) electrons. The Kier molecular flexibility index (Phi) is 4.61. The molecule has 0 fully saturated rings. The minimum Gasteiger partial charge on any atom is -0.466 e. The predicted molar refractivity (Wildman–Crippen MR) is 51.8 cm³/mol. The van der Waals surface area contributed by atoms with Gasteiger partial charge in [0.1, 0.15) is 5.76 Å². The Balaban J connectivity index is 2.09. The molecule has 1 amide bonds. The van der Waals surface area contributed by atoms with Gasteiger partial charge in [0.05, 0.1) is 6.26 Å². The molecule has 0 aliphatic rings. The van der Waals surface area contributed by atoms with Gasteiger partial charge in [-0.2, -0.15) is 0 Å². The lowest BCUT2D eigenvalue weighted by Crippen LogP contribution is -2.24. The second-order valence-corrected chi connectivity index (χ2v) is 2.94. The number of alkyl carbamates (subject to hydrolysis) is 1. The van der Waals surface area contributed by atoms with Gasteiger partial charge >= 0.3 is 6.09 Å². The number of ether oxygens (including phenoxy) is 1. The van der Waals surface area contributed by atoms with Gasteiger partial charge in [-0.3, -0.25) is 0 Å². The Morgan fingerprint density at radius 3 is 3.14 bits per heavy atom. The van der Waals surface area contributed by atoms with E-state index >= 15 is 0 Å². The Morgan fingerprint density at radius 1 is 1.64 bits per heavy atom. The summed E-state index contributed by atoms with van der Waals surface area (Å²) in [5, 5.41) is 2.64. The highest BCUT2D eigenvalue weighted by Crippen LogP contribution is 2.01. The molecule has 4 nitrogen and oxygen atoms in total. The van der Waals surface area contributed by atoms with E-state index in [0.29, 0.717) is 12.3 Å². The largest absolute Gasteiger partial charge is 0.466 e. The Labute approximate surface area is 83.2 Å². The van der Waals surface area contributed by atoms with Gasteiger partial charge in [-0.1, -0.05) is 13.3 Å². The fourth-order valence-corrected chi connectivity index (χ4v) is 0.950. The molecule has 1 rings (SSSR count). The van der Waals surface area contributed by atoms with E-state index in [4.69, 9.17) is 9.15 Å².